The van der Waals surface area contributed by atoms with Gasteiger partial charge in [-0.1, -0.05) is 12.1 Å². The van der Waals surface area contributed by atoms with Crippen molar-refractivity contribution in [1.29, 1.82) is 0 Å². The third kappa shape index (κ3) is 4.26. The number of amides is 2. The van der Waals surface area contributed by atoms with Gasteiger partial charge in [0.25, 0.3) is 5.91 Å². The van der Waals surface area contributed by atoms with Gasteiger partial charge in [0, 0.05) is 50.1 Å². The van der Waals surface area contributed by atoms with E-state index in [1.54, 1.807) is 6.20 Å². The molecule has 28 heavy (non-hydrogen) atoms. The Morgan fingerprint density at radius 1 is 0.929 bits per heavy atom. The Bertz CT molecular complexity index is 786. The van der Waals surface area contributed by atoms with Crippen LogP contribution < -0.4 is 0 Å². The minimum Gasteiger partial charge on any atom is -0.342 e. The van der Waals surface area contributed by atoms with Crippen molar-refractivity contribution in [1.82, 2.24) is 19.6 Å². The van der Waals surface area contributed by atoms with Crippen LogP contribution in [0.3, 0.4) is 0 Å². The van der Waals surface area contributed by atoms with E-state index in [1.165, 1.54) is 6.42 Å². The average molecular weight is 380 g/mol. The normalized spacial score (nSPS) is 18.3. The van der Waals surface area contributed by atoms with Gasteiger partial charge in [-0.2, -0.15) is 5.10 Å². The molecule has 2 aromatic rings. The smallest absolute Gasteiger partial charge is 0.253 e. The summed E-state index contributed by atoms with van der Waals surface area (Å²) in [4.78, 5) is 29.4. The zero-order chi connectivity index (χ0) is 19.3. The van der Waals surface area contributed by atoms with Crippen LogP contribution in [0.15, 0.2) is 42.7 Å². The monoisotopic (exact) mass is 380 g/mol. The molecule has 2 aliphatic heterocycles. The molecule has 6 heteroatoms. The molecular weight excluding hydrogens is 352 g/mol. The number of benzene rings is 1. The van der Waals surface area contributed by atoms with Crippen molar-refractivity contribution in [2.45, 2.75) is 38.6 Å². The lowest BCUT2D eigenvalue weighted by Crippen LogP contribution is -2.45. The number of hydrogen-bond acceptors (Lipinski definition) is 3. The summed E-state index contributed by atoms with van der Waals surface area (Å²) in [6.45, 7) is 3.84. The second kappa shape index (κ2) is 8.59. The number of hydrogen-bond donors (Lipinski definition) is 0. The van der Waals surface area contributed by atoms with Crippen molar-refractivity contribution in [3.63, 3.8) is 0 Å². The molecule has 148 valence electrons. The summed E-state index contributed by atoms with van der Waals surface area (Å²) in [6, 6.07) is 9.67. The number of aromatic nitrogens is 2. The number of carbonyl (C=O) groups excluding carboxylic acids is 2. The quantitative estimate of drug-likeness (QED) is 0.820. The van der Waals surface area contributed by atoms with Gasteiger partial charge in [-0.15, -0.1) is 0 Å². The topological polar surface area (TPSA) is 58.4 Å². The maximum Gasteiger partial charge on any atom is 0.253 e. The Kier molecular flexibility index (Phi) is 5.74. The standard InChI is InChI=1S/C22H28N4O2/c27-21(19-7-5-18(6-8-19)17-26-14-4-11-23-26)25-15-9-20(10-16-25)22(28)24-12-2-1-3-13-24/h4-8,11,14,20H,1-3,9-10,12-13,15-17H2. The molecule has 0 radical (unpaired) electrons. The van der Waals surface area contributed by atoms with Gasteiger partial charge < -0.3 is 9.80 Å². The Morgan fingerprint density at radius 2 is 1.64 bits per heavy atom. The molecular formula is C22H28N4O2. The Balaban J connectivity index is 1.30. The van der Waals surface area contributed by atoms with Gasteiger partial charge in [0.1, 0.15) is 0 Å². The fourth-order valence-electron chi connectivity index (χ4n) is 4.22. The molecule has 2 aliphatic rings. The maximum atomic E-state index is 12.8. The van der Waals surface area contributed by atoms with E-state index in [9.17, 15) is 9.59 Å². The van der Waals surface area contributed by atoms with Crippen molar-refractivity contribution in [3.8, 4) is 0 Å². The molecule has 2 amide bonds. The highest BCUT2D eigenvalue weighted by Gasteiger charge is 2.30. The van der Waals surface area contributed by atoms with Gasteiger partial charge >= 0.3 is 0 Å². The zero-order valence-electron chi connectivity index (χ0n) is 16.3. The summed E-state index contributed by atoms with van der Waals surface area (Å²) in [5, 5.41) is 4.21. The lowest BCUT2D eigenvalue weighted by atomic mass is 9.94. The van der Waals surface area contributed by atoms with Crippen molar-refractivity contribution < 1.29 is 9.59 Å². The van der Waals surface area contributed by atoms with Crippen molar-refractivity contribution in [3.05, 3.63) is 53.9 Å². The minimum atomic E-state index is 0.0644. The fourth-order valence-corrected chi connectivity index (χ4v) is 4.22. The van der Waals surface area contributed by atoms with E-state index in [4.69, 9.17) is 0 Å². The lowest BCUT2D eigenvalue weighted by Gasteiger charge is -2.35. The minimum absolute atomic E-state index is 0.0644. The lowest BCUT2D eigenvalue weighted by molar-refractivity contribution is -0.137. The highest BCUT2D eigenvalue weighted by atomic mass is 16.2. The molecule has 0 bridgehead atoms. The summed E-state index contributed by atoms with van der Waals surface area (Å²) in [5.41, 5.74) is 1.83. The second-order valence-electron chi connectivity index (χ2n) is 7.85. The Hall–Kier alpha value is -2.63. The molecule has 6 nitrogen and oxygen atoms in total. The molecule has 0 N–H and O–H groups in total. The van der Waals surface area contributed by atoms with Gasteiger partial charge in [0.2, 0.25) is 5.91 Å². The van der Waals surface area contributed by atoms with Gasteiger partial charge in [0.15, 0.2) is 0 Å². The van der Waals surface area contributed by atoms with Gasteiger partial charge in [-0.05, 0) is 55.9 Å². The van der Waals surface area contributed by atoms with Crippen LogP contribution in [0.5, 0.6) is 0 Å². The summed E-state index contributed by atoms with van der Waals surface area (Å²) in [7, 11) is 0. The fraction of sp³-hybridized carbons (Fsp3) is 0.500. The van der Waals surface area contributed by atoms with E-state index in [-0.39, 0.29) is 11.8 Å². The number of piperidine rings is 2. The molecule has 0 atom stereocenters. The highest BCUT2D eigenvalue weighted by molar-refractivity contribution is 5.94. The third-order valence-electron chi connectivity index (χ3n) is 5.90. The molecule has 0 unspecified atom stereocenters. The van der Waals surface area contributed by atoms with Crippen LogP contribution in [0.25, 0.3) is 0 Å². The Labute approximate surface area is 166 Å². The Morgan fingerprint density at radius 3 is 2.29 bits per heavy atom. The number of nitrogens with zero attached hydrogens (tertiary/aromatic N) is 4. The van der Waals surface area contributed by atoms with Crippen LogP contribution >= 0.6 is 0 Å². The van der Waals surface area contributed by atoms with Crippen LogP contribution in [0.1, 0.15) is 48.0 Å². The predicted octanol–water partition coefficient (Wildman–Crippen LogP) is 2.80. The van der Waals surface area contributed by atoms with E-state index in [2.05, 4.69) is 5.10 Å². The highest BCUT2D eigenvalue weighted by Crippen LogP contribution is 2.23. The van der Waals surface area contributed by atoms with Crippen molar-refractivity contribution in [2.75, 3.05) is 26.2 Å². The molecule has 0 spiro atoms. The van der Waals surface area contributed by atoms with Crippen LogP contribution in [-0.4, -0.2) is 57.6 Å². The van der Waals surface area contributed by atoms with Gasteiger partial charge in [0.05, 0.1) is 6.54 Å². The summed E-state index contributed by atoms with van der Waals surface area (Å²) < 4.78 is 1.86. The van der Waals surface area contributed by atoms with Crippen molar-refractivity contribution in [2.24, 2.45) is 5.92 Å². The summed E-state index contributed by atoms with van der Waals surface area (Å²) >= 11 is 0. The first kappa shape index (κ1) is 18.7. The summed E-state index contributed by atoms with van der Waals surface area (Å²) in [5.74, 6) is 0.447. The van der Waals surface area contributed by atoms with E-state index in [0.29, 0.717) is 31.1 Å². The third-order valence-corrected chi connectivity index (χ3v) is 5.90. The molecule has 3 heterocycles. The van der Waals surface area contributed by atoms with Crippen molar-refractivity contribution >= 4 is 11.8 Å². The van der Waals surface area contributed by atoms with E-state index in [1.807, 2.05) is 51.0 Å². The summed E-state index contributed by atoms with van der Waals surface area (Å²) in [6.07, 6.45) is 8.72. The SMILES string of the molecule is O=C(c1ccc(Cn2cccn2)cc1)N1CCC(C(=O)N2CCCCC2)CC1. The van der Waals surface area contributed by atoms with E-state index >= 15 is 0 Å². The molecule has 1 aromatic carbocycles. The first-order valence-corrected chi connectivity index (χ1v) is 10.3. The number of carbonyl (C=O) groups is 2. The van der Waals surface area contributed by atoms with Crippen LogP contribution in [0.4, 0.5) is 0 Å². The molecule has 1 aromatic heterocycles. The van der Waals surface area contributed by atoms with Gasteiger partial charge in [-0.3, -0.25) is 14.3 Å². The predicted molar refractivity (Wildman–Crippen MR) is 107 cm³/mol. The van der Waals surface area contributed by atoms with E-state index in [0.717, 1.165) is 44.3 Å². The van der Waals surface area contributed by atoms with Crippen LogP contribution in [0, 0.1) is 5.92 Å². The van der Waals surface area contributed by atoms with E-state index < -0.39 is 0 Å². The molecule has 0 saturated carbocycles. The van der Waals surface area contributed by atoms with Crippen LogP contribution in [0.2, 0.25) is 0 Å². The first-order chi connectivity index (χ1) is 13.7. The zero-order valence-corrected chi connectivity index (χ0v) is 16.3. The number of likely N-dealkylation sites (tertiary alicyclic amines) is 2. The molecule has 2 saturated heterocycles. The molecule has 4 rings (SSSR count). The molecule has 0 aliphatic carbocycles. The largest absolute Gasteiger partial charge is 0.342 e. The molecule has 2 fully saturated rings. The first-order valence-electron chi connectivity index (χ1n) is 10.3. The van der Waals surface area contributed by atoms with Gasteiger partial charge in [-0.25, -0.2) is 0 Å². The average Bonchev–Trinajstić information content (AvgIpc) is 3.27. The van der Waals surface area contributed by atoms with Crippen LogP contribution in [-0.2, 0) is 11.3 Å². The number of rotatable bonds is 4. The second-order valence-corrected chi connectivity index (χ2v) is 7.85. The maximum absolute atomic E-state index is 12.8.